The summed E-state index contributed by atoms with van der Waals surface area (Å²) < 4.78 is 4.53. The van der Waals surface area contributed by atoms with Gasteiger partial charge >= 0.3 is 5.97 Å². The average molecular weight is 273 g/mol. The standard InChI is InChI=1S/C9H5ClN2O2S2/c10-5-2-1-3-6(7(5)8(13)14)15-9-11-4-12-16-9/h1-4H,(H,13,14). The van der Waals surface area contributed by atoms with E-state index in [1.165, 1.54) is 29.6 Å². The molecule has 0 bridgehead atoms. The first-order chi connectivity index (χ1) is 7.68. The summed E-state index contributed by atoms with van der Waals surface area (Å²) >= 11 is 8.29. The number of rotatable bonds is 3. The van der Waals surface area contributed by atoms with Crippen LogP contribution in [-0.4, -0.2) is 20.4 Å². The molecule has 82 valence electrons. The molecule has 7 heteroatoms. The molecule has 1 N–H and O–H groups in total. The molecule has 0 saturated carbocycles. The Morgan fingerprint density at radius 1 is 1.50 bits per heavy atom. The largest absolute Gasteiger partial charge is 0.478 e. The lowest BCUT2D eigenvalue weighted by Gasteiger charge is -2.04. The molecule has 0 unspecified atom stereocenters. The lowest BCUT2D eigenvalue weighted by molar-refractivity contribution is 0.0693. The minimum Gasteiger partial charge on any atom is -0.478 e. The molecule has 0 aliphatic heterocycles. The zero-order valence-electron chi connectivity index (χ0n) is 7.75. The SMILES string of the molecule is O=C(O)c1c(Cl)cccc1Sc1ncns1. The van der Waals surface area contributed by atoms with Gasteiger partial charge in [-0.25, -0.2) is 9.78 Å². The highest BCUT2D eigenvalue weighted by molar-refractivity contribution is 8.01. The Morgan fingerprint density at radius 2 is 2.31 bits per heavy atom. The number of carboxylic acids is 1. The Bertz CT molecular complexity index is 516. The van der Waals surface area contributed by atoms with Gasteiger partial charge in [0, 0.05) is 4.90 Å². The number of carboxylic acid groups (broad SMARTS) is 1. The fourth-order valence-electron chi connectivity index (χ4n) is 1.10. The van der Waals surface area contributed by atoms with Crippen LogP contribution in [0.15, 0.2) is 33.8 Å². The number of benzene rings is 1. The fraction of sp³-hybridized carbons (Fsp3) is 0. The van der Waals surface area contributed by atoms with Crippen LogP contribution in [0.2, 0.25) is 5.02 Å². The van der Waals surface area contributed by atoms with Crippen LogP contribution >= 0.6 is 34.9 Å². The van der Waals surface area contributed by atoms with E-state index in [1.54, 1.807) is 18.2 Å². The summed E-state index contributed by atoms with van der Waals surface area (Å²) in [6, 6.07) is 4.95. The van der Waals surface area contributed by atoms with E-state index in [4.69, 9.17) is 16.7 Å². The van der Waals surface area contributed by atoms with Gasteiger partial charge in [-0.2, -0.15) is 4.37 Å². The van der Waals surface area contributed by atoms with E-state index in [2.05, 4.69) is 9.36 Å². The molecule has 2 aromatic rings. The topological polar surface area (TPSA) is 63.1 Å². The number of aromatic carboxylic acids is 1. The van der Waals surface area contributed by atoms with Crippen LogP contribution in [0.1, 0.15) is 10.4 Å². The Kier molecular flexibility index (Phi) is 3.42. The van der Waals surface area contributed by atoms with Gasteiger partial charge in [0.2, 0.25) is 0 Å². The van der Waals surface area contributed by atoms with Crippen molar-refractivity contribution in [1.82, 2.24) is 9.36 Å². The summed E-state index contributed by atoms with van der Waals surface area (Å²) in [5.41, 5.74) is 0.101. The first kappa shape index (κ1) is 11.4. The fourth-order valence-corrected chi connectivity index (χ4v) is 2.97. The summed E-state index contributed by atoms with van der Waals surface area (Å²) in [6.07, 6.45) is 1.43. The van der Waals surface area contributed by atoms with Gasteiger partial charge in [0.05, 0.1) is 10.6 Å². The molecular formula is C9H5ClN2O2S2. The van der Waals surface area contributed by atoms with Crippen LogP contribution < -0.4 is 0 Å². The Balaban J connectivity index is 2.40. The third-order valence-corrected chi connectivity index (χ3v) is 3.82. The molecule has 1 heterocycles. The minimum atomic E-state index is -1.04. The Hall–Kier alpha value is -1.11. The number of hydrogen-bond acceptors (Lipinski definition) is 5. The highest BCUT2D eigenvalue weighted by Crippen LogP contribution is 2.33. The number of nitrogens with zero attached hydrogens (tertiary/aromatic N) is 2. The van der Waals surface area contributed by atoms with E-state index in [0.717, 1.165) is 0 Å². The molecule has 0 amide bonds. The predicted molar refractivity (Wildman–Crippen MR) is 62.4 cm³/mol. The molecule has 0 aliphatic rings. The molecule has 16 heavy (non-hydrogen) atoms. The number of carbonyl (C=O) groups is 1. The van der Waals surface area contributed by atoms with Crippen molar-refractivity contribution in [3.8, 4) is 0 Å². The normalized spacial score (nSPS) is 10.3. The third-order valence-electron chi connectivity index (χ3n) is 1.73. The third kappa shape index (κ3) is 2.34. The second kappa shape index (κ2) is 4.82. The van der Waals surface area contributed by atoms with Crippen molar-refractivity contribution in [2.75, 3.05) is 0 Å². The van der Waals surface area contributed by atoms with Crippen LogP contribution in [0.25, 0.3) is 0 Å². The van der Waals surface area contributed by atoms with Gasteiger partial charge in [0.1, 0.15) is 6.33 Å². The van der Waals surface area contributed by atoms with Gasteiger partial charge in [-0.15, -0.1) is 0 Å². The zero-order chi connectivity index (χ0) is 11.5. The van der Waals surface area contributed by atoms with Crippen molar-refractivity contribution < 1.29 is 9.90 Å². The molecule has 0 radical (unpaired) electrons. The second-order valence-corrected chi connectivity index (χ2v) is 5.20. The lowest BCUT2D eigenvalue weighted by Crippen LogP contribution is -1.99. The molecule has 4 nitrogen and oxygen atoms in total. The van der Waals surface area contributed by atoms with Crippen molar-refractivity contribution in [3.63, 3.8) is 0 Å². The first-order valence-corrected chi connectivity index (χ1v) is 6.11. The van der Waals surface area contributed by atoms with Gasteiger partial charge in [-0.1, -0.05) is 29.4 Å². The van der Waals surface area contributed by atoms with Gasteiger partial charge in [-0.05, 0) is 23.7 Å². The molecule has 0 aliphatic carbocycles. The smallest absolute Gasteiger partial charge is 0.338 e. The molecule has 0 saturated heterocycles. The van der Waals surface area contributed by atoms with E-state index in [1.807, 2.05) is 0 Å². The molecule has 0 atom stereocenters. The van der Waals surface area contributed by atoms with Crippen LogP contribution in [0.3, 0.4) is 0 Å². The van der Waals surface area contributed by atoms with E-state index < -0.39 is 5.97 Å². The highest BCUT2D eigenvalue weighted by Gasteiger charge is 2.15. The number of halogens is 1. The van der Waals surface area contributed by atoms with Crippen molar-refractivity contribution in [3.05, 3.63) is 35.1 Å². The van der Waals surface area contributed by atoms with Crippen molar-refractivity contribution in [2.24, 2.45) is 0 Å². The summed E-state index contributed by atoms with van der Waals surface area (Å²) in [5, 5.41) is 9.27. The highest BCUT2D eigenvalue weighted by atomic mass is 35.5. The van der Waals surface area contributed by atoms with Gasteiger partial charge < -0.3 is 5.11 Å². The van der Waals surface area contributed by atoms with Crippen LogP contribution in [-0.2, 0) is 0 Å². The monoisotopic (exact) mass is 272 g/mol. The maximum absolute atomic E-state index is 11.0. The van der Waals surface area contributed by atoms with Crippen molar-refractivity contribution in [2.45, 2.75) is 9.24 Å². The Morgan fingerprint density at radius 3 is 2.94 bits per heavy atom. The molecule has 0 spiro atoms. The first-order valence-electron chi connectivity index (χ1n) is 4.15. The number of aromatic nitrogens is 2. The molecule has 1 aromatic carbocycles. The predicted octanol–water partition coefficient (Wildman–Crippen LogP) is 3.04. The quantitative estimate of drug-likeness (QED) is 0.930. The average Bonchev–Trinajstić information content (AvgIpc) is 2.70. The summed E-state index contributed by atoms with van der Waals surface area (Å²) in [6.45, 7) is 0. The van der Waals surface area contributed by atoms with Crippen LogP contribution in [0.4, 0.5) is 0 Å². The Labute approximate surface area is 104 Å². The molecule has 2 rings (SSSR count). The second-order valence-electron chi connectivity index (χ2n) is 2.73. The maximum atomic E-state index is 11.0. The lowest BCUT2D eigenvalue weighted by atomic mass is 10.2. The number of hydrogen-bond donors (Lipinski definition) is 1. The van der Waals surface area contributed by atoms with Crippen molar-refractivity contribution >= 4 is 40.9 Å². The molecular weight excluding hydrogens is 268 g/mol. The summed E-state index contributed by atoms with van der Waals surface area (Å²) in [7, 11) is 0. The van der Waals surface area contributed by atoms with Crippen LogP contribution in [0, 0.1) is 0 Å². The minimum absolute atomic E-state index is 0.101. The van der Waals surface area contributed by atoms with Gasteiger partial charge in [-0.3, -0.25) is 0 Å². The van der Waals surface area contributed by atoms with Crippen LogP contribution in [0.5, 0.6) is 0 Å². The van der Waals surface area contributed by atoms with E-state index >= 15 is 0 Å². The molecule has 0 fully saturated rings. The van der Waals surface area contributed by atoms with Gasteiger partial charge in [0.25, 0.3) is 0 Å². The van der Waals surface area contributed by atoms with E-state index in [0.29, 0.717) is 9.24 Å². The molecule has 1 aromatic heterocycles. The van der Waals surface area contributed by atoms with E-state index in [9.17, 15) is 4.79 Å². The maximum Gasteiger partial charge on any atom is 0.338 e. The summed E-state index contributed by atoms with van der Waals surface area (Å²) in [5.74, 6) is -1.04. The summed E-state index contributed by atoms with van der Waals surface area (Å²) in [4.78, 5) is 15.6. The van der Waals surface area contributed by atoms with Crippen molar-refractivity contribution in [1.29, 1.82) is 0 Å². The van der Waals surface area contributed by atoms with Gasteiger partial charge in [0.15, 0.2) is 4.34 Å². The van der Waals surface area contributed by atoms with E-state index in [-0.39, 0.29) is 10.6 Å². The zero-order valence-corrected chi connectivity index (χ0v) is 10.1.